The molecule has 1 aromatic heterocycles. The Hall–Kier alpha value is -1.05. The monoisotopic (exact) mass is 109 g/mol. The molecular formula is C6H5O2. The molecule has 0 N–H and O–H groups in total. The highest BCUT2D eigenvalue weighted by atomic mass is 16.3. The van der Waals surface area contributed by atoms with E-state index in [4.69, 9.17) is 4.42 Å². The molecule has 1 rings (SSSR count). The molecule has 0 saturated heterocycles. The summed E-state index contributed by atoms with van der Waals surface area (Å²) in [4.78, 5) is 10.4. The minimum Gasteiger partial charge on any atom is -0.469 e. The third kappa shape index (κ3) is 0.964. The third-order valence-corrected chi connectivity index (χ3v) is 0.763. The Kier molecular flexibility index (Phi) is 1.16. The van der Waals surface area contributed by atoms with Crippen molar-refractivity contribution in [3.05, 3.63) is 34.4 Å². The second-order valence-electron chi connectivity index (χ2n) is 1.47. The average molecular weight is 109 g/mol. The van der Waals surface area contributed by atoms with Gasteiger partial charge in [-0.3, -0.25) is 4.79 Å². The van der Waals surface area contributed by atoms with Crippen LogP contribution in [0.2, 0.25) is 0 Å². The number of aryl methyl sites for hydroxylation is 1. The molecule has 0 unspecified atom stereocenters. The molecule has 0 aromatic carbocycles. The van der Waals surface area contributed by atoms with Gasteiger partial charge in [0.05, 0.1) is 12.3 Å². The predicted octanol–water partition coefficient (Wildman–Crippen LogP) is 0.748. The van der Waals surface area contributed by atoms with E-state index in [1.807, 2.05) is 0 Å². The molecule has 2 nitrogen and oxygen atoms in total. The number of rotatable bonds is 0. The lowest BCUT2D eigenvalue weighted by atomic mass is 10.4. The molecule has 1 aromatic rings. The van der Waals surface area contributed by atoms with Crippen molar-refractivity contribution in [2.24, 2.45) is 0 Å². The summed E-state index contributed by atoms with van der Waals surface area (Å²) in [5.41, 5.74) is -0.131. The maximum Gasteiger partial charge on any atom is 0.193 e. The lowest BCUT2D eigenvalue weighted by molar-refractivity contribution is 0.513. The molecule has 0 fully saturated rings. The summed E-state index contributed by atoms with van der Waals surface area (Å²) in [6.45, 7) is 1.68. The zero-order chi connectivity index (χ0) is 5.98. The molecule has 0 aliphatic rings. The lowest BCUT2D eigenvalue weighted by Gasteiger charge is -1.82. The molecule has 0 atom stereocenters. The normalized spacial score (nSPS) is 9.12. The molecule has 41 valence electrons. The highest BCUT2D eigenvalue weighted by molar-refractivity contribution is 4.94. The zero-order valence-electron chi connectivity index (χ0n) is 4.47. The quantitative estimate of drug-likeness (QED) is 0.492. The molecule has 0 spiro atoms. The Labute approximate surface area is 46.8 Å². The van der Waals surface area contributed by atoms with Crippen LogP contribution in [0.25, 0.3) is 0 Å². The van der Waals surface area contributed by atoms with Gasteiger partial charge in [-0.1, -0.05) is 0 Å². The first kappa shape index (κ1) is 5.09. The minimum absolute atomic E-state index is 0.131. The maximum absolute atomic E-state index is 10.4. The fourth-order valence-corrected chi connectivity index (χ4v) is 0.443. The highest BCUT2D eigenvalue weighted by Crippen LogP contribution is 1.86. The smallest absolute Gasteiger partial charge is 0.193 e. The van der Waals surface area contributed by atoms with Gasteiger partial charge in [0.2, 0.25) is 0 Å². The van der Waals surface area contributed by atoms with Crippen molar-refractivity contribution in [1.82, 2.24) is 0 Å². The van der Waals surface area contributed by atoms with E-state index in [1.54, 1.807) is 6.92 Å². The summed E-state index contributed by atoms with van der Waals surface area (Å²) in [5.74, 6) is 0.525. The van der Waals surface area contributed by atoms with Gasteiger partial charge in [0.1, 0.15) is 5.76 Å². The minimum atomic E-state index is -0.131. The van der Waals surface area contributed by atoms with E-state index in [-0.39, 0.29) is 5.43 Å². The van der Waals surface area contributed by atoms with Gasteiger partial charge in [0, 0.05) is 6.07 Å². The summed E-state index contributed by atoms with van der Waals surface area (Å²) < 4.78 is 4.75. The van der Waals surface area contributed by atoms with E-state index in [0.29, 0.717) is 5.76 Å². The van der Waals surface area contributed by atoms with Gasteiger partial charge in [-0.25, -0.2) is 0 Å². The SMILES string of the molecule is Cc1[c]c(=O)cco1. The number of hydrogen-bond acceptors (Lipinski definition) is 2. The summed E-state index contributed by atoms with van der Waals surface area (Å²) in [7, 11) is 0. The van der Waals surface area contributed by atoms with Crippen LogP contribution in [0.5, 0.6) is 0 Å². The van der Waals surface area contributed by atoms with E-state index < -0.39 is 0 Å². The zero-order valence-corrected chi connectivity index (χ0v) is 4.47. The van der Waals surface area contributed by atoms with Crippen LogP contribution in [0.1, 0.15) is 5.76 Å². The molecule has 2 heteroatoms. The van der Waals surface area contributed by atoms with Crippen LogP contribution in [0.4, 0.5) is 0 Å². The van der Waals surface area contributed by atoms with Crippen LogP contribution in [0.15, 0.2) is 21.5 Å². The van der Waals surface area contributed by atoms with Gasteiger partial charge >= 0.3 is 0 Å². The van der Waals surface area contributed by atoms with E-state index in [9.17, 15) is 4.79 Å². The number of hydrogen-bond donors (Lipinski definition) is 0. The van der Waals surface area contributed by atoms with Gasteiger partial charge in [0.15, 0.2) is 5.43 Å². The van der Waals surface area contributed by atoms with E-state index in [0.717, 1.165) is 0 Å². The highest BCUT2D eigenvalue weighted by Gasteiger charge is 1.84. The second kappa shape index (κ2) is 1.82. The van der Waals surface area contributed by atoms with Crippen molar-refractivity contribution in [2.45, 2.75) is 6.92 Å². The fourth-order valence-electron chi connectivity index (χ4n) is 0.443. The lowest BCUT2D eigenvalue weighted by Crippen LogP contribution is -1.95. The largest absolute Gasteiger partial charge is 0.469 e. The summed E-state index contributed by atoms with van der Waals surface area (Å²) in [5, 5.41) is 0. The maximum atomic E-state index is 10.4. The molecule has 0 saturated carbocycles. The second-order valence-corrected chi connectivity index (χ2v) is 1.47. The van der Waals surface area contributed by atoms with Crippen molar-refractivity contribution in [3.8, 4) is 0 Å². The Morgan fingerprint density at radius 3 is 2.88 bits per heavy atom. The predicted molar refractivity (Wildman–Crippen MR) is 28.6 cm³/mol. The van der Waals surface area contributed by atoms with Gasteiger partial charge in [-0.15, -0.1) is 0 Å². The third-order valence-electron chi connectivity index (χ3n) is 0.763. The first-order chi connectivity index (χ1) is 3.79. The Morgan fingerprint density at radius 1 is 1.75 bits per heavy atom. The fraction of sp³-hybridized carbons (Fsp3) is 0.167. The van der Waals surface area contributed by atoms with Crippen LogP contribution < -0.4 is 5.43 Å². The molecule has 1 heterocycles. The average Bonchev–Trinajstić information content (AvgIpc) is 1.64. The topological polar surface area (TPSA) is 30.2 Å². The van der Waals surface area contributed by atoms with Crippen molar-refractivity contribution in [2.75, 3.05) is 0 Å². The standard InChI is InChI=1S/C6H5O2/c1-5-4-6(7)2-3-8-5/h2-3H,1H3. The van der Waals surface area contributed by atoms with E-state index in [2.05, 4.69) is 6.07 Å². The summed E-state index contributed by atoms with van der Waals surface area (Å²) in [6.07, 6.45) is 1.36. The molecule has 8 heavy (non-hydrogen) atoms. The van der Waals surface area contributed by atoms with Crippen molar-refractivity contribution < 1.29 is 4.42 Å². The molecule has 0 aliphatic carbocycles. The van der Waals surface area contributed by atoms with Gasteiger partial charge in [-0.05, 0) is 6.92 Å². The Bertz CT molecular complexity index is 224. The van der Waals surface area contributed by atoms with Crippen molar-refractivity contribution in [1.29, 1.82) is 0 Å². The molecule has 0 amide bonds. The van der Waals surface area contributed by atoms with Crippen molar-refractivity contribution >= 4 is 0 Å². The van der Waals surface area contributed by atoms with Crippen LogP contribution in [0.3, 0.4) is 0 Å². The Morgan fingerprint density at radius 2 is 2.50 bits per heavy atom. The molecule has 0 aliphatic heterocycles. The molecule has 1 radical (unpaired) electrons. The molecule has 0 bridgehead atoms. The van der Waals surface area contributed by atoms with Gasteiger partial charge in [-0.2, -0.15) is 0 Å². The van der Waals surface area contributed by atoms with Crippen molar-refractivity contribution in [3.63, 3.8) is 0 Å². The first-order valence-corrected chi connectivity index (χ1v) is 2.27. The van der Waals surface area contributed by atoms with Crippen LogP contribution >= 0.6 is 0 Å². The van der Waals surface area contributed by atoms with Crippen LogP contribution in [-0.4, -0.2) is 0 Å². The van der Waals surface area contributed by atoms with Gasteiger partial charge < -0.3 is 4.42 Å². The van der Waals surface area contributed by atoms with Gasteiger partial charge in [0.25, 0.3) is 0 Å². The van der Waals surface area contributed by atoms with Crippen LogP contribution in [0, 0.1) is 13.0 Å². The summed E-state index contributed by atoms with van der Waals surface area (Å²) >= 11 is 0. The van der Waals surface area contributed by atoms with Crippen LogP contribution in [-0.2, 0) is 0 Å². The van der Waals surface area contributed by atoms with E-state index >= 15 is 0 Å². The molecular weight excluding hydrogens is 104 g/mol. The first-order valence-electron chi connectivity index (χ1n) is 2.27. The van der Waals surface area contributed by atoms with E-state index in [1.165, 1.54) is 12.3 Å². The summed E-state index contributed by atoms with van der Waals surface area (Å²) in [6, 6.07) is 3.77. The Balaban J connectivity index is 3.28.